The van der Waals surface area contributed by atoms with Crippen LogP contribution in [-0.4, -0.2) is 18.9 Å². The third kappa shape index (κ3) is 3.33. The number of ether oxygens (including phenoxy) is 1. The summed E-state index contributed by atoms with van der Waals surface area (Å²) in [6.45, 7) is 4.34. The Morgan fingerprint density at radius 1 is 0.852 bits per heavy atom. The second-order valence-corrected chi connectivity index (χ2v) is 6.95. The first-order valence-electron chi connectivity index (χ1n) is 9.29. The molecule has 1 heterocycles. The Hall–Kier alpha value is -3.07. The minimum Gasteiger partial charge on any atom is -0.497 e. The molecule has 0 aliphatic carbocycles. The second-order valence-electron chi connectivity index (χ2n) is 6.95. The van der Waals surface area contributed by atoms with Gasteiger partial charge in [-0.3, -0.25) is 4.99 Å². The van der Waals surface area contributed by atoms with Crippen LogP contribution in [0.25, 0.3) is 0 Å². The highest BCUT2D eigenvalue weighted by molar-refractivity contribution is 6.07. The van der Waals surface area contributed by atoms with Gasteiger partial charge in [0, 0.05) is 5.69 Å². The van der Waals surface area contributed by atoms with E-state index in [1.807, 2.05) is 18.2 Å². The Balaban J connectivity index is 1.78. The molecule has 0 saturated carbocycles. The Kier molecular flexibility index (Phi) is 4.68. The molecule has 3 aromatic rings. The Morgan fingerprint density at radius 3 is 2.15 bits per heavy atom. The predicted molar refractivity (Wildman–Crippen MR) is 112 cm³/mol. The summed E-state index contributed by atoms with van der Waals surface area (Å²) in [5, 5.41) is 0. The first-order valence-corrected chi connectivity index (χ1v) is 9.29. The molecule has 0 fully saturated rings. The van der Waals surface area contributed by atoms with E-state index in [4.69, 9.17) is 9.73 Å². The van der Waals surface area contributed by atoms with Gasteiger partial charge in [0.2, 0.25) is 0 Å². The molecule has 3 aromatic carbocycles. The molecular weight excluding hydrogens is 332 g/mol. The van der Waals surface area contributed by atoms with Gasteiger partial charge >= 0.3 is 0 Å². The molecule has 0 bridgehead atoms. The number of para-hydroxylation sites is 1. The van der Waals surface area contributed by atoms with Crippen molar-refractivity contribution in [2.75, 3.05) is 12.0 Å². The second kappa shape index (κ2) is 7.28. The fourth-order valence-electron chi connectivity index (χ4n) is 3.66. The van der Waals surface area contributed by atoms with Crippen LogP contribution in [0.5, 0.6) is 5.75 Å². The van der Waals surface area contributed by atoms with Crippen LogP contribution in [0.4, 0.5) is 5.69 Å². The van der Waals surface area contributed by atoms with Gasteiger partial charge < -0.3 is 9.64 Å². The summed E-state index contributed by atoms with van der Waals surface area (Å²) in [6, 6.07) is 27.6. The van der Waals surface area contributed by atoms with Gasteiger partial charge in [0.05, 0.1) is 18.9 Å². The summed E-state index contributed by atoms with van der Waals surface area (Å²) >= 11 is 0. The quantitative estimate of drug-likeness (QED) is 0.625. The molecule has 3 heteroatoms. The molecule has 0 amide bonds. The van der Waals surface area contributed by atoms with Gasteiger partial charge in [-0.05, 0) is 49.2 Å². The number of anilines is 1. The van der Waals surface area contributed by atoms with E-state index in [1.54, 1.807) is 7.11 Å². The van der Waals surface area contributed by atoms with Crippen molar-refractivity contribution in [3.8, 4) is 5.75 Å². The van der Waals surface area contributed by atoms with Crippen LogP contribution in [0.2, 0.25) is 0 Å². The molecule has 0 spiro atoms. The van der Waals surface area contributed by atoms with Crippen LogP contribution >= 0.6 is 0 Å². The van der Waals surface area contributed by atoms with Gasteiger partial charge in [0.1, 0.15) is 11.9 Å². The van der Waals surface area contributed by atoms with Crippen molar-refractivity contribution < 1.29 is 4.74 Å². The first kappa shape index (κ1) is 17.3. The number of hydrogen-bond donors (Lipinski definition) is 0. The third-order valence-corrected chi connectivity index (χ3v) is 5.15. The zero-order valence-electron chi connectivity index (χ0n) is 16.0. The Morgan fingerprint density at radius 2 is 1.52 bits per heavy atom. The van der Waals surface area contributed by atoms with E-state index in [2.05, 4.69) is 79.4 Å². The van der Waals surface area contributed by atoms with Crippen molar-refractivity contribution >= 4 is 11.4 Å². The van der Waals surface area contributed by atoms with Crippen LogP contribution in [0.3, 0.4) is 0 Å². The molecule has 2 unspecified atom stereocenters. The standard InChI is InChI=1S/C24H24N2O/c1-17-9-11-19(12-10-17)23-18(2)26(21-7-5-4-6-8-21)24(25-23)20-13-15-22(27-3)16-14-20/h4-16,18,24H,1-3H3. The highest BCUT2D eigenvalue weighted by Crippen LogP contribution is 2.37. The summed E-state index contributed by atoms with van der Waals surface area (Å²) in [7, 11) is 1.69. The van der Waals surface area contributed by atoms with E-state index in [0.717, 1.165) is 17.0 Å². The maximum absolute atomic E-state index is 5.32. The Labute approximate surface area is 160 Å². The van der Waals surface area contributed by atoms with E-state index in [0.29, 0.717) is 0 Å². The van der Waals surface area contributed by atoms with Gasteiger partial charge in [0.15, 0.2) is 0 Å². The summed E-state index contributed by atoms with van der Waals surface area (Å²) < 4.78 is 5.32. The van der Waals surface area contributed by atoms with Crippen molar-refractivity contribution in [2.45, 2.75) is 26.1 Å². The van der Waals surface area contributed by atoms with E-state index in [-0.39, 0.29) is 12.2 Å². The van der Waals surface area contributed by atoms with E-state index < -0.39 is 0 Å². The van der Waals surface area contributed by atoms with Crippen LogP contribution in [-0.2, 0) is 0 Å². The molecule has 136 valence electrons. The lowest BCUT2D eigenvalue weighted by atomic mass is 10.0. The number of methoxy groups -OCH3 is 1. The minimum absolute atomic E-state index is 0.0513. The molecule has 1 aliphatic heterocycles. The van der Waals surface area contributed by atoms with E-state index in [1.165, 1.54) is 16.8 Å². The first-order chi connectivity index (χ1) is 13.2. The van der Waals surface area contributed by atoms with Gasteiger partial charge in [-0.25, -0.2) is 0 Å². The van der Waals surface area contributed by atoms with Gasteiger partial charge in [-0.15, -0.1) is 0 Å². The number of aryl methyl sites for hydroxylation is 1. The molecule has 4 rings (SSSR count). The molecular formula is C24H24N2O. The fourth-order valence-corrected chi connectivity index (χ4v) is 3.66. The number of aliphatic imine (C=N–C) groups is 1. The monoisotopic (exact) mass is 356 g/mol. The number of benzene rings is 3. The molecule has 1 aliphatic rings. The maximum Gasteiger partial charge on any atom is 0.148 e. The summed E-state index contributed by atoms with van der Waals surface area (Å²) in [5.41, 5.74) is 5.91. The zero-order chi connectivity index (χ0) is 18.8. The van der Waals surface area contributed by atoms with E-state index in [9.17, 15) is 0 Å². The van der Waals surface area contributed by atoms with Crippen molar-refractivity contribution in [1.29, 1.82) is 0 Å². The number of nitrogens with zero attached hydrogens (tertiary/aromatic N) is 2. The zero-order valence-corrected chi connectivity index (χ0v) is 16.0. The van der Waals surface area contributed by atoms with E-state index >= 15 is 0 Å². The molecule has 0 radical (unpaired) electrons. The number of hydrogen-bond acceptors (Lipinski definition) is 3. The smallest absolute Gasteiger partial charge is 0.148 e. The normalized spacial score (nSPS) is 19.1. The van der Waals surface area contributed by atoms with Crippen LogP contribution in [0.15, 0.2) is 83.9 Å². The van der Waals surface area contributed by atoms with Crippen molar-refractivity contribution in [2.24, 2.45) is 4.99 Å². The lowest BCUT2D eigenvalue weighted by molar-refractivity contribution is 0.414. The molecule has 0 N–H and O–H groups in total. The summed E-state index contributed by atoms with van der Waals surface area (Å²) in [4.78, 5) is 7.54. The third-order valence-electron chi connectivity index (χ3n) is 5.15. The van der Waals surface area contributed by atoms with Gasteiger partial charge in [-0.2, -0.15) is 0 Å². The highest BCUT2D eigenvalue weighted by atomic mass is 16.5. The van der Waals surface area contributed by atoms with Crippen LogP contribution in [0, 0.1) is 6.92 Å². The lowest BCUT2D eigenvalue weighted by Crippen LogP contribution is -2.35. The van der Waals surface area contributed by atoms with Crippen LogP contribution in [0.1, 0.15) is 29.8 Å². The minimum atomic E-state index is -0.0513. The van der Waals surface area contributed by atoms with Crippen molar-refractivity contribution in [3.05, 3.63) is 95.6 Å². The maximum atomic E-state index is 5.32. The fraction of sp³-hybridized carbons (Fsp3) is 0.208. The Bertz CT molecular complexity index is 930. The lowest BCUT2D eigenvalue weighted by Gasteiger charge is -2.30. The van der Waals surface area contributed by atoms with Crippen molar-refractivity contribution in [3.63, 3.8) is 0 Å². The molecule has 2 atom stereocenters. The average molecular weight is 356 g/mol. The summed E-state index contributed by atoms with van der Waals surface area (Å²) in [5.74, 6) is 0.860. The average Bonchev–Trinajstić information content (AvgIpc) is 3.06. The largest absolute Gasteiger partial charge is 0.497 e. The predicted octanol–water partition coefficient (Wildman–Crippen LogP) is 5.40. The van der Waals surface area contributed by atoms with Crippen LogP contribution < -0.4 is 9.64 Å². The highest BCUT2D eigenvalue weighted by Gasteiger charge is 2.35. The van der Waals surface area contributed by atoms with Gasteiger partial charge in [-0.1, -0.05) is 60.2 Å². The topological polar surface area (TPSA) is 24.8 Å². The SMILES string of the molecule is COc1ccc(C2N=C(c3ccc(C)cc3)C(C)N2c2ccccc2)cc1. The van der Waals surface area contributed by atoms with Crippen molar-refractivity contribution in [1.82, 2.24) is 0 Å². The number of rotatable bonds is 4. The summed E-state index contributed by atoms with van der Waals surface area (Å²) in [6.07, 6.45) is -0.0513. The molecule has 3 nitrogen and oxygen atoms in total. The molecule has 0 aromatic heterocycles. The molecule has 0 saturated heterocycles. The molecule has 27 heavy (non-hydrogen) atoms. The van der Waals surface area contributed by atoms with Gasteiger partial charge in [0.25, 0.3) is 0 Å².